The Morgan fingerprint density at radius 3 is 2.87 bits per heavy atom. The van der Waals surface area contributed by atoms with Crippen LogP contribution in [0.1, 0.15) is 5.69 Å². The Hall–Kier alpha value is -2.25. The van der Waals surface area contributed by atoms with E-state index in [-0.39, 0.29) is 0 Å². The van der Waals surface area contributed by atoms with E-state index in [1.807, 2.05) is 24.4 Å². The van der Waals surface area contributed by atoms with E-state index in [2.05, 4.69) is 26.3 Å². The summed E-state index contributed by atoms with van der Waals surface area (Å²) in [4.78, 5) is 16.6. The number of morpholine rings is 1. The maximum absolute atomic E-state index is 5.39. The molecule has 3 aromatic heterocycles. The van der Waals surface area contributed by atoms with Crippen molar-refractivity contribution in [2.75, 3.05) is 36.5 Å². The molecule has 6 nitrogen and oxygen atoms in total. The van der Waals surface area contributed by atoms with Gasteiger partial charge in [-0.1, -0.05) is 0 Å². The lowest BCUT2D eigenvalue weighted by Gasteiger charge is -2.28. The maximum atomic E-state index is 5.39. The van der Waals surface area contributed by atoms with Gasteiger partial charge in [-0.25, -0.2) is 15.0 Å². The summed E-state index contributed by atoms with van der Waals surface area (Å²) >= 11 is 1.61. The molecule has 0 saturated carbocycles. The van der Waals surface area contributed by atoms with Gasteiger partial charge in [-0.3, -0.25) is 0 Å². The standard InChI is InChI=1S/C16H17N5OS/c1-11-13(2-3-14(19-11)21-5-7-22-8-6-21)20-15-12-4-9-23-16(12)18-10-17-15/h2-4,9-10H,5-8H2,1H3,(H,17,18,20). The Balaban J connectivity index is 1.61. The lowest BCUT2D eigenvalue weighted by atomic mass is 10.2. The highest BCUT2D eigenvalue weighted by atomic mass is 32.1. The molecule has 0 radical (unpaired) electrons. The number of nitrogens with zero attached hydrogens (tertiary/aromatic N) is 4. The number of aromatic nitrogens is 3. The molecule has 0 unspecified atom stereocenters. The number of anilines is 3. The van der Waals surface area contributed by atoms with Gasteiger partial charge in [0.05, 0.1) is 30.0 Å². The number of hydrogen-bond acceptors (Lipinski definition) is 7. The first-order valence-corrected chi connectivity index (χ1v) is 8.45. The Morgan fingerprint density at radius 2 is 2.04 bits per heavy atom. The van der Waals surface area contributed by atoms with Gasteiger partial charge in [-0.2, -0.15) is 0 Å². The molecule has 0 aliphatic carbocycles. The Labute approximate surface area is 138 Å². The number of ether oxygens (including phenoxy) is 1. The zero-order valence-electron chi connectivity index (χ0n) is 12.8. The first kappa shape index (κ1) is 14.3. The molecule has 1 N–H and O–H groups in total. The number of rotatable bonds is 3. The molecule has 1 fully saturated rings. The Morgan fingerprint density at radius 1 is 1.17 bits per heavy atom. The summed E-state index contributed by atoms with van der Waals surface area (Å²) < 4.78 is 5.39. The molecule has 4 rings (SSSR count). The van der Waals surface area contributed by atoms with Gasteiger partial charge in [-0.05, 0) is 30.5 Å². The molecule has 23 heavy (non-hydrogen) atoms. The summed E-state index contributed by atoms with van der Waals surface area (Å²) in [5.74, 6) is 1.82. The van der Waals surface area contributed by atoms with Crippen LogP contribution in [-0.2, 0) is 4.74 Å². The average Bonchev–Trinajstić information content (AvgIpc) is 3.07. The zero-order valence-corrected chi connectivity index (χ0v) is 13.6. The van der Waals surface area contributed by atoms with E-state index in [1.54, 1.807) is 17.7 Å². The quantitative estimate of drug-likeness (QED) is 0.798. The van der Waals surface area contributed by atoms with E-state index in [4.69, 9.17) is 9.72 Å². The van der Waals surface area contributed by atoms with Crippen LogP contribution in [-0.4, -0.2) is 41.3 Å². The molecule has 0 bridgehead atoms. The summed E-state index contributed by atoms with van der Waals surface area (Å²) in [5.41, 5.74) is 1.92. The van der Waals surface area contributed by atoms with Crippen LogP contribution >= 0.6 is 11.3 Å². The van der Waals surface area contributed by atoms with Crippen LogP contribution in [0.15, 0.2) is 29.9 Å². The van der Waals surface area contributed by atoms with Crippen molar-refractivity contribution in [3.05, 3.63) is 35.6 Å². The molecule has 1 aliphatic rings. The summed E-state index contributed by atoms with van der Waals surface area (Å²) in [6.07, 6.45) is 1.59. The fourth-order valence-corrected chi connectivity index (χ4v) is 3.40. The predicted molar refractivity (Wildman–Crippen MR) is 92.7 cm³/mol. The molecule has 0 spiro atoms. The third-order valence-electron chi connectivity index (χ3n) is 3.92. The Bertz CT molecular complexity index is 828. The highest BCUT2D eigenvalue weighted by Gasteiger charge is 2.14. The van der Waals surface area contributed by atoms with Crippen molar-refractivity contribution in [2.45, 2.75) is 6.92 Å². The largest absolute Gasteiger partial charge is 0.378 e. The van der Waals surface area contributed by atoms with Crippen LogP contribution in [0.4, 0.5) is 17.3 Å². The molecule has 118 valence electrons. The summed E-state index contributed by atoms with van der Waals surface area (Å²) in [6.45, 7) is 5.31. The molecule has 0 atom stereocenters. The van der Waals surface area contributed by atoms with Gasteiger partial charge < -0.3 is 15.0 Å². The van der Waals surface area contributed by atoms with Crippen molar-refractivity contribution in [3.8, 4) is 0 Å². The van der Waals surface area contributed by atoms with E-state index in [1.165, 1.54) is 0 Å². The molecule has 4 heterocycles. The molecule has 1 saturated heterocycles. The highest BCUT2D eigenvalue weighted by molar-refractivity contribution is 7.16. The first-order chi connectivity index (χ1) is 11.3. The lowest BCUT2D eigenvalue weighted by Crippen LogP contribution is -2.36. The fourth-order valence-electron chi connectivity index (χ4n) is 2.67. The average molecular weight is 327 g/mol. The van der Waals surface area contributed by atoms with Gasteiger partial charge in [0.25, 0.3) is 0 Å². The van der Waals surface area contributed by atoms with Crippen LogP contribution < -0.4 is 10.2 Å². The van der Waals surface area contributed by atoms with Crippen LogP contribution in [0.5, 0.6) is 0 Å². The summed E-state index contributed by atoms with van der Waals surface area (Å²) in [5, 5.41) is 6.44. The second-order valence-corrected chi connectivity index (χ2v) is 6.28. The van der Waals surface area contributed by atoms with E-state index in [0.29, 0.717) is 0 Å². The normalized spacial score (nSPS) is 15.1. The maximum Gasteiger partial charge on any atom is 0.142 e. The number of nitrogens with one attached hydrogen (secondary N) is 1. The third-order valence-corrected chi connectivity index (χ3v) is 4.74. The topological polar surface area (TPSA) is 63.2 Å². The second-order valence-electron chi connectivity index (χ2n) is 5.39. The van der Waals surface area contributed by atoms with Gasteiger partial charge in [-0.15, -0.1) is 11.3 Å². The number of hydrogen-bond donors (Lipinski definition) is 1. The SMILES string of the molecule is Cc1nc(N2CCOCC2)ccc1Nc1ncnc2sccc12. The van der Waals surface area contributed by atoms with E-state index in [0.717, 1.165) is 59.5 Å². The summed E-state index contributed by atoms with van der Waals surface area (Å²) in [6, 6.07) is 6.15. The van der Waals surface area contributed by atoms with E-state index >= 15 is 0 Å². The van der Waals surface area contributed by atoms with Gasteiger partial charge in [0, 0.05) is 13.1 Å². The van der Waals surface area contributed by atoms with Crippen LogP contribution in [0.25, 0.3) is 10.2 Å². The predicted octanol–water partition coefficient (Wildman–Crippen LogP) is 2.97. The Kier molecular flexibility index (Phi) is 3.80. The fraction of sp³-hybridized carbons (Fsp3) is 0.312. The van der Waals surface area contributed by atoms with Crippen LogP contribution in [0.3, 0.4) is 0 Å². The van der Waals surface area contributed by atoms with E-state index < -0.39 is 0 Å². The van der Waals surface area contributed by atoms with Gasteiger partial charge >= 0.3 is 0 Å². The van der Waals surface area contributed by atoms with Gasteiger partial charge in [0.15, 0.2) is 0 Å². The first-order valence-electron chi connectivity index (χ1n) is 7.57. The van der Waals surface area contributed by atoms with Crippen LogP contribution in [0.2, 0.25) is 0 Å². The van der Waals surface area contributed by atoms with Crippen molar-refractivity contribution in [1.29, 1.82) is 0 Å². The molecular weight excluding hydrogens is 310 g/mol. The molecule has 7 heteroatoms. The van der Waals surface area contributed by atoms with Gasteiger partial charge in [0.2, 0.25) is 0 Å². The minimum absolute atomic E-state index is 0.762. The smallest absolute Gasteiger partial charge is 0.142 e. The van der Waals surface area contributed by atoms with Crippen LogP contribution in [0, 0.1) is 6.92 Å². The van der Waals surface area contributed by atoms with Crippen molar-refractivity contribution >= 4 is 38.9 Å². The second kappa shape index (κ2) is 6.10. The van der Waals surface area contributed by atoms with Crippen molar-refractivity contribution in [3.63, 3.8) is 0 Å². The number of pyridine rings is 1. The molecular formula is C16H17N5OS. The molecule has 1 aliphatic heterocycles. The minimum atomic E-state index is 0.762. The monoisotopic (exact) mass is 327 g/mol. The van der Waals surface area contributed by atoms with E-state index in [9.17, 15) is 0 Å². The molecule has 3 aromatic rings. The number of thiophene rings is 1. The number of fused-ring (bicyclic) bond motifs is 1. The molecule has 0 aromatic carbocycles. The third kappa shape index (κ3) is 2.85. The summed E-state index contributed by atoms with van der Waals surface area (Å²) in [7, 11) is 0. The highest BCUT2D eigenvalue weighted by Crippen LogP contribution is 2.28. The van der Waals surface area contributed by atoms with Gasteiger partial charge in [0.1, 0.15) is 22.8 Å². The van der Waals surface area contributed by atoms with Crippen molar-refractivity contribution < 1.29 is 4.74 Å². The lowest BCUT2D eigenvalue weighted by molar-refractivity contribution is 0.122. The minimum Gasteiger partial charge on any atom is -0.378 e. The molecule has 0 amide bonds. The number of aryl methyl sites for hydroxylation is 1. The zero-order chi connectivity index (χ0) is 15.6. The van der Waals surface area contributed by atoms with Crippen molar-refractivity contribution in [1.82, 2.24) is 15.0 Å². The van der Waals surface area contributed by atoms with Crippen molar-refractivity contribution in [2.24, 2.45) is 0 Å².